The Kier molecular flexibility index (Phi) is 6.51. The lowest BCUT2D eigenvalue weighted by atomic mass is 10.0. The summed E-state index contributed by atoms with van der Waals surface area (Å²) in [4.78, 5) is 11.3. The van der Waals surface area contributed by atoms with Gasteiger partial charge in [-0.2, -0.15) is 10.2 Å². The van der Waals surface area contributed by atoms with E-state index >= 15 is 0 Å². The molecule has 4 heterocycles. The number of fused-ring (bicyclic) bond motifs is 2. The Morgan fingerprint density at radius 1 is 0.700 bits per heavy atom. The van der Waals surface area contributed by atoms with Gasteiger partial charge in [-0.05, 0) is 48.4 Å². The summed E-state index contributed by atoms with van der Waals surface area (Å²) in [5.74, 6) is 0.759. The minimum absolute atomic E-state index is 0.0650. The molecule has 0 amide bonds. The third kappa shape index (κ3) is 4.86. The fourth-order valence-corrected chi connectivity index (χ4v) is 6.80. The summed E-state index contributed by atoms with van der Waals surface area (Å²) in [6, 6.07) is 23.4. The van der Waals surface area contributed by atoms with Gasteiger partial charge in [0.25, 0.3) is 0 Å². The molecule has 198 valence electrons. The maximum Gasteiger partial charge on any atom is 0.212 e. The van der Waals surface area contributed by atoms with Crippen LogP contribution < -0.4 is 4.74 Å². The van der Waals surface area contributed by atoms with E-state index in [4.69, 9.17) is 48.1 Å². The largest absolute Gasteiger partial charge is 0.497 e. The highest BCUT2D eigenvalue weighted by molar-refractivity contribution is 7.18. The van der Waals surface area contributed by atoms with Crippen LogP contribution in [-0.2, 0) is 6.42 Å². The summed E-state index contributed by atoms with van der Waals surface area (Å²) in [6.45, 7) is 0. The van der Waals surface area contributed by atoms with Gasteiger partial charge in [0.2, 0.25) is 9.92 Å². The standard InChI is InChI=1S/C29H20Cl2N6OS2/c1-38-22-12-2-17(3-13-22)14-23(26-34-36-15-24(32-28(36)39-26)18-4-8-20(30)9-5-18)27-35-37-16-25(33-29(37)40-27)19-6-10-21(31)11-7-19/h2-13,15-16,23H,14H2,1H3. The van der Waals surface area contributed by atoms with Crippen molar-refractivity contribution >= 4 is 55.8 Å². The quantitative estimate of drug-likeness (QED) is 0.185. The zero-order chi connectivity index (χ0) is 27.2. The molecule has 4 aromatic heterocycles. The highest BCUT2D eigenvalue weighted by Gasteiger charge is 2.25. The van der Waals surface area contributed by atoms with Crippen molar-refractivity contribution in [3.63, 3.8) is 0 Å². The molecule has 0 unspecified atom stereocenters. The molecule has 0 aliphatic rings. The van der Waals surface area contributed by atoms with E-state index in [-0.39, 0.29) is 5.92 Å². The first kappa shape index (κ1) is 25.2. The van der Waals surface area contributed by atoms with Gasteiger partial charge in [0.05, 0.1) is 36.8 Å². The Morgan fingerprint density at radius 2 is 1.18 bits per heavy atom. The van der Waals surface area contributed by atoms with Gasteiger partial charge in [0, 0.05) is 21.2 Å². The number of hydrogen-bond donors (Lipinski definition) is 0. The Labute approximate surface area is 247 Å². The van der Waals surface area contributed by atoms with Crippen LogP contribution in [0.5, 0.6) is 5.75 Å². The molecule has 0 radical (unpaired) electrons. The lowest BCUT2D eigenvalue weighted by Gasteiger charge is -2.11. The Bertz CT molecular complexity index is 1760. The third-order valence-electron chi connectivity index (χ3n) is 6.59. The summed E-state index contributed by atoms with van der Waals surface area (Å²) in [5, 5.41) is 13.2. The van der Waals surface area contributed by atoms with Crippen LogP contribution in [0.1, 0.15) is 21.5 Å². The number of nitrogens with zero attached hydrogens (tertiary/aromatic N) is 6. The van der Waals surface area contributed by atoms with E-state index in [0.29, 0.717) is 10.0 Å². The molecule has 7 aromatic rings. The van der Waals surface area contributed by atoms with Crippen molar-refractivity contribution in [1.82, 2.24) is 29.2 Å². The second kappa shape index (κ2) is 10.3. The number of aromatic nitrogens is 6. The molecule has 7 nitrogen and oxygen atoms in total. The van der Waals surface area contributed by atoms with Gasteiger partial charge in [0.15, 0.2) is 0 Å². The average Bonchev–Trinajstić information content (AvgIpc) is 3.73. The monoisotopic (exact) mass is 602 g/mol. The van der Waals surface area contributed by atoms with Gasteiger partial charge >= 0.3 is 0 Å². The maximum atomic E-state index is 6.06. The molecular formula is C29H20Cl2N6OS2. The molecular weight excluding hydrogens is 583 g/mol. The summed E-state index contributed by atoms with van der Waals surface area (Å²) in [5.41, 5.74) is 4.87. The zero-order valence-electron chi connectivity index (χ0n) is 21.0. The molecule has 0 saturated carbocycles. The Balaban J connectivity index is 1.25. The molecule has 40 heavy (non-hydrogen) atoms. The van der Waals surface area contributed by atoms with Crippen LogP contribution in [0.25, 0.3) is 32.4 Å². The van der Waals surface area contributed by atoms with E-state index < -0.39 is 0 Å². The minimum Gasteiger partial charge on any atom is -0.497 e. The van der Waals surface area contributed by atoms with Crippen LogP contribution in [0.4, 0.5) is 0 Å². The van der Waals surface area contributed by atoms with Crippen molar-refractivity contribution in [2.45, 2.75) is 12.3 Å². The number of hydrogen-bond acceptors (Lipinski definition) is 7. The van der Waals surface area contributed by atoms with E-state index in [9.17, 15) is 0 Å². The first-order chi connectivity index (χ1) is 19.5. The minimum atomic E-state index is -0.0650. The number of rotatable bonds is 7. The predicted octanol–water partition coefficient (Wildman–Crippen LogP) is 7.92. The molecule has 0 saturated heterocycles. The van der Waals surface area contributed by atoms with E-state index in [1.807, 2.05) is 82.1 Å². The Hall–Kier alpha value is -3.76. The Morgan fingerprint density at radius 3 is 1.60 bits per heavy atom. The molecule has 3 aromatic carbocycles. The fourth-order valence-electron chi connectivity index (χ4n) is 4.51. The third-order valence-corrected chi connectivity index (χ3v) is 9.17. The number of ether oxygens (including phenoxy) is 1. The van der Waals surface area contributed by atoms with Crippen LogP contribution in [0.3, 0.4) is 0 Å². The molecule has 7 rings (SSSR count). The van der Waals surface area contributed by atoms with Gasteiger partial charge in [-0.3, -0.25) is 0 Å². The second-order valence-electron chi connectivity index (χ2n) is 9.21. The highest BCUT2D eigenvalue weighted by atomic mass is 35.5. The molecule has 0 fully saturated rings. The number of benzene rings is 3. The molecule has 0 aliphatic carbocycles. The van der Waals surface area contributed by atoms with Crippen LogP contribution in [0, 0.1) is 0 Å². The number of halogens is 2. The summed E-state index contributed by atoms with van der Waals surface area (Å²) in [7, 11) is 1.67. The maximum absolute atomic E-state index is 6.06. The second-order valence-corrected chi connectivity index (χ2v) is 12.1. The first-order valence-corrected chi connectivity index (χ1v) is 14.8. The summed E-state index contributed by atoms with van der Waals surface area (Å²) in [6.07, 6.45) is 4.64. The van der Waals surface area contributed by atoms with Gasteiger partial charge in [0.1, 0.15) is 15.8 Å². The van der Waals surface area contributed by atoms with Crippen molar-refractivity contribution in [1.29, 1.82) is 0 Å². The molecule has 0 N–H and O–H groups in total. The van der Waals surface area contributed by atoms with E-state index in [1.165, 1.54) is 0 Å². The normalized spacial score (nSPS) is 11.7. The van der Waals surface area contributed by atoms with Crippen LogP contribution >= 0.6 is 45.9 Å². The SMILES string of the molecule is COc1ccc(CC(c2nn3cc(-c4ccc(Cl)cc4)nc3s2)c2nn3cc(-c4ccc(Cl)cc4)nc3s2)cc1. The van der Waals surface area contributed by atoms with Crippen molar-refractivity contribution in [3.8, 4) is 28.3 Å². The van der Waals surface area contributed by atoms with Gasteiger partial charge in [-0.25, -0.2) is 19.0 Å². The van der Waals surface area contributed by atoms with Gasteiger partial charge < -0.3 is 4.74 Å². The van der Waals surface area contributed by atoms with Crippen molar-refractivity contribution in [2.75, 3.05) is 7.11 Å². The zero-order valence-corrected chi connectivity index (χ0v) is 24.2. The number of imidazole rings is 2. The van der Waals surface area contributed by atoms with Crippen LogP contribution in [-0.4, -0.2) is 36.3 Å². The van der Waals surface area contributed by atoms with Gasteiger partial charge in [-0.15, -0.1) is 0 Å². The van der Waals surface area contributed by atoms with Crippen molar-refractivity contribution < 1.29 is 4.74 Å². The molecule has 0 bridgehead atoms. The van der Waals surface area contributed by atoms with Crippen molar-refractivity contribution in [3.05, 3.63) is 111 Å². The van der Waals surface area contributed by atoms with Gasteiger partial charge in [-0.1, -0.05) is 82.3 Å². The predicted molar refractivity (Wildman–Crippen MR) is 161 cm³/mol. The van der Waals surface area contributed by atoms with E-state index in [1.54, 1.807) is 29.8 Å². The first-order valence-electron chi connectivity index (χ1n) is 12.4. The van der Waals surface area contributed by atoms with Crippen LogP contribution in [0.15, 0.2) is 85.2 Å². The summed E-state index contributed by atoms with van der Waals surface area (Å²) < 4.78 is 9.05. The smallest absolute Gasteiger partial charge is 0.212 e. The summed E-state index contributed by atoms with van der Waals surface area (Å²) >= 11 is 15.3. The van der Waals surface area contributed by atoms with E-state index in [0.717, 1.165) is 60.2 Å². The number of methoxy groups -OCH3 is 1. The molecule has 0 spiro atoms. The average molecular weight is 604 g/mol. The van der Waals surface area contributed by atoms with E-state index in [2.05, 4.69) is 12.1 Å². The lowest BCUT2D eigenvalue weighted by molar-refractivity contribution is 0.414. The fraction of sp³-hybridized carbons (Fsp3) is 0.103. The topological polar surface area (TPSA) is 69.6 Å². The molecule has 0 atom stereocenters. The highest BCUT2D eigenvalue weighted by Crippen LogP contribution is 2.36. The molecule has 11 heteroatoms. The van der Waals surface area contributed by atoms with Crippen LogP contribution in [0.2, 0.25) is 10.0 Å². The molecule has 0 aliphatic heterocycles. The lowest BCUT2D eigenvalue weighted by Crippen LogP contribution is -2.06. The van der Waals surface area contributed by atoms with Crippen molar-refractivity contribution in [2.24, 2.45) is 0 Å².